The lowest BCUT2D eigenvalue weighted by Gasteiger charge is -2.58. The van der Waals surface area contributed by atoms with Gasteiger partial charge in [0, 0.05) is 0 Å². The third-order valence-electron chi connectivity index (χ3n) is 15.9. The van der Waals surface area contributed by atoms with Gasteiger partial charge in [0.05, 0.1) is 12.7 Å². The van der Waals surface area contributed by atoms with Gasteiger partial charge in [-0.2, -0.15) is 0 Å². The quantitative estimate of drug-likeness (QED) is 0.101. The highest BCUT2D eigenvalue weighted by Gasteiger charge is 2.59. The van der Waals surface area contributed by atoms with Crippen molar-refractivity contribution < 1.29 is 10.2 Å². The minimum absolute atomic E-state index is 0.0794. The van der Waals surface area contributed by atoms with Gasteiger partial charge in [-0.1, -0.05) is 124 Å². The normalized spacial score (nSPS) is 30.8. The average Bonchev–Trinajstić information content (AvgIpc) is 3.50. The second kappa shape index (κ2) is 23.8. The Kier molecular flexibility index (Phi) is 20.7. The van der Waals surface area contributed by atoms with Gasteiger partial charge < -0.3 is 10.2 Å². The number of rotatable bonds is 19. The first kappa shape index (κ1) is 48.7. The summed E-state index contributed by atoms with van der Waals surface area (Å²) in [5.74, 6) is 6.31. The molecule has 0 amide bonds. The van der Waals surface area contributed by atoms with Gasteiger partial charge in [-0.25, -0.2) is 0 Å². The summed E-state index contributed by atoms with van der Waals surface area (Å²) < 4.78 is 0. The molecular weight excluding hydrogens is 681 g/mol. The first-order valence-electron chi connectivity index (χ1n) is 23.8. The fraction of sp³-hybridized carbons (Fsp3) is 0.778. The Hall–Kier alpha value is -1.64. The first-order valence-corrected chi connectivity index (χ1v) is 23.8. The van der Waals surface area contributed by atoms with E-state index in [4.69, 9.17) is 5.11 Å². The Morgan fingerprint density at radius 1 is 0.714 bits per heavy atom. The highest BCUT2D eigenvalue weighted by Crippen LogP contribution is 2.67. The molecule has 2 nitrogen and oxygen atoms in total. The van der Waals surface area contributed by atoms with Gasteiger partial charge in [-0.3, -0.25) is 0 Å². The molecule has 0 aromatic rings. The van der Waals surface area contributed by atoms with Gasteiger partial charge in [-0.15, -0.1) is 0 Å². The van der Waals surface area contributed by atoms with Crippen molar-refractivity contribution in [2.24, 2.45) is 52.3 Å². The molecule has 0 aliphatic heterocycles. The van der Waals surface area contributed by atoms with Crippen LogP contribution in [0.3, 0.4) is 0 Å². The zero-order valence-electron chi connectivity index (χ0n) is 39.1. The Morgan fingerprint density at radius 2 is 1.30 bits per heavy atom. The molecule has 4 rings (SSSR count). The predicted octanol–water partition coefficient (Wildman–Crippen LogP) is 15.9. The molecule has 0 bridgehead atoms. The monoisotopic (exact) mass is 773 g/mol. The third kappa shape index (κ3) is 14.3. The van der Waals surface area contributed by atoms with E-state index in [1.54, 1.807) is 5.57 Å². The van der Waals surface area contributed by atoms with E-state index in [0.717, 1.165) is 86.4 Å². The Morgan fingerprint density at radius 3 is 1.89 bits per heavy atom. The van der Waals surface area contributed by atoms with Crippen LogP contribution in [0.15, 0.2) is 69.9 Å². The van der Waals surface area contributed by atoms with Crippen LogP contribution in [0.25, 0.3) is 0 Å². The van der Waals surface area contributed by atoms with E-state index in [1.807, 2.05) is 6.08 Å². The second-order valence-electron chi connectivity index (χ2n) is 20.7. The van der Waals surface area contributed by atoms with Crippen LogP contribution in [-0.4, -0.2) is 22.9 Å². The molecule has 3 fully saturated rings. The van der Waals surface area contributed by atoms with E-state index in [0.29, 0.717) is 10.8 Å². The van der Waals surface area contributed by atoms with Crippen LogP contribution < -0.4 is 0 Å². The number of aliphatic hydroxyl groups is 2. The minimum Gasteiger partial charge on any atom is -0.393 e. The summed E-state index contributed by atoms with van der Waals surface area (Å²) in [6.45, 7) is 28.4. The van der Waals surface area contributed by atoms with Crippen molar-refractivity contribution in [2.45, 2.75) is 211 Å². The van der Waals surface area contributed by atoms with Crippen molar-refractivity contribution >= 4 is 0 Å². The molecule has 0 saturated heterocycles. The van der Waals surface area contributed by atoms with Gasteiger partial charge in [0.1, 0.15) is 0 Å². The topological polar surface area (TPSA) is 40.5 Å². The number of aliphatic hydroxyl groups excluding tert-OH is 2. The van der Waals surface area contributed by atoms with Crippen LogP contribution in [0.1, 0.15) is 205 Å². The summed E-state index contributed by atoms with van der Waals surface area (Å²) >= 11 is 0. The summed E-state index contributed by atoms with van der Waals surface area (Å²) in [5, 5.41) is 19.1. The summed E-state index contributed by atoms with van der Waals surface area (Å²) in [5.41, 5.74) is 9.75. The molecule has 3 saturated carbocycles. The maximum absolute atomic E-state index is 10.2. The van der Waals surface area contributed by atoms with E-state index in [2.05, 4.69) is 113 Å². The van der Waals surface area contributed by atoms with E-state index in [-0.39, 0.29) is 12.7 Å². The fourth-order valence-electron chi connectivity index (χ4n) is 12.1. The highest BCUT2D eigenvalue weighted by atomic mass is 16.3. The molecule has 0 aromatic carbocycles. The van der Waals surface area contributed by atoms with Crippen LogP contribution in [0.4, 0.5) is 0 Å². The molecule has 4 aliphatic rings. The summed E-state index contributed by atoms with van der Waals surface area (Å²) in [6.07, 6.45) is 37.6. The number of unbranched alkanes of at least 4 members (excludes halogenated alkanes) is 1. The van der Waals surface area contributed by atoms with Gasteiger partial charge in [0.25, 0.3) is 0 Å². The second-order valence-corrected chi connectivity index (χ2v) is 20.7. The van der Waals surface area contributed by atoms with Crippen molar-refractivity contribution in [3.8, 4) is 0 Å². The molecule has 0 heterocycles. The van der Waals surface area contributed by atoms with E-state index >= 15 is 0 Å². The first-order chi connectivity index (χ1) is 26.5. The summed E-state index contributed by atoms with van der Waals surface area (Å²) in [7, 11) is 0. The van der Waals surface area contributed by atoms with Gasteiger partial charge in [0.2, 0.25) is 0 Å². The number of hydrogen-bond donors (Lipinski definition) is 2. The van der Waals surface area contributed by atoms with E-state index < -0.39 is 0 Å². The van der Waals surface area contributed by atoms with Crippen molar-refractivity contribution in [3.05, 3.63) is 69.9 Å². The van der Waals surface area contributed by atoms with Crippen LogP contribution in [0.2, 0.25) is 0 Å². The summed E-state index contributed by atoms with van der Waals surface area (Å²) in [4.78, 5) is 0. The largest absolute Gasteiger partial charge is 0.393 e. The van der Waals surface area contributed by atoms with Gasteiger partial charge in [0.15, 0.2) is 0 Å². The molecule has 0 radical (unpaired) electrons. The molecule has 2 heteroatoms. The number of hydrogen-bond acceptors (Lipinski definition) is 2. The standard InChI is InChI=1S/C29H50O.C25H42O/c1-7-21(19(2)3)9-8-20(4)25-12-13-26-24-11-10-22-18-23(30)14-16-28(22,5)27(24)15-17-29(25,26)6;1-21(2)11-9-14-23(4)16-10-15-22(3)12-7-8-13-24(5)17-18-25(6)19-20-26/h10,19-21,23-27,30H,7-9,11-18H2,1-6H3;11-13,16,19,26H,7-10,14-15,17-18,20H2,1-6H3/b;22-12+,23-16+,24-13-,25-19-/t20-,21-,23?,24?,25-,26?,27?,28+,29-;/m1./s1. The van der Waals surface area contributed by atoms with Crippen molar-refractivity contribution in [2.75, 3.05) is 6.61 Å². The smallest absolute Gasteiger partial charge is 0.0614 e. The van der Waals surface area contributed by atoms with Crippen molar-refractivity contribution in [3.63, 3.8) is 0 Å². The SMILES string of the molecule is CC(C)=CCC/C(C)=C/CC/C(C)=C/CC/C=C(/C)CC/C(C)=C\CO.CC[C@H](CC[C@@H](C)[C@H]1CCC2C3CC=C4CC(O)CC[C@]4(C)C3CC[C@@]21C)C(C)C. The maximum atomic E-state index is 10.2. The molecule has 0 aromatic heterocycles. The van der Waals surface area contributed by atoms with Crippen LogP contribution in [-0.2, 0) is 0 Å². The molecule has 320 valence electrons. The lowest BCUT2D eigenvalue weighted by atomic mass is 9.47. The molecule has 4 aliphatic carbocycles. The number of allylic oxidation sites excluding steroid dienone is 10. The maximum Gasteiger partial charge on any atom is 0.0614 e. The molecule has 9 atom stereocenters. The molecule has 2 N–H and O–H groups in total. The van der Waals surface area contributed by atoms with Crippen molar-refractivity contribution in [1.29, 1.82) is 0 Å². The average molecular weight is 773 g/mol. The molecule has 4 unspecified atom stereocenters. The molecule has 56 heavy (non-hydrogen) atoms. The Labute approximate surface area is 349 Å². The fourth-order valence-corrected chi connectivity index (χ4v) is 12.1. The predicted molar refractivity (Wildman–Crippen MR) is 247 cm³/mol. The minimum atomic E-state index is -0.0794. The highest BCUT2D eigenvalue weighted by molar-refractivity contribution is 5.25. The lowest BCUT2D eigenvalue weighted by molar-refractivity contribution is -0.0575. The lowest BCUT2D eigenvalue weighted by Crippen LogP contribution is -2.50. The van der Waals surface area contributed by atoms with E-state index in [1.165, 1.54) is 105 Å². The Balaban J connectivity index is 0.000000305. The zero-order valence-corrected chi connectivity index (χ0v) is 39.1. The van der Waals surface area contributed by atoms with Crippen LogP contribution >= 0.6 is 0 Å². The zero-order chi connectivity index (χ0) is 41.5. The van der Waals surface area contributed by atoms with Crippen LogP contribution in [0.5, 0.6) is 0 Å². The molecule has 0 spiro atoms. The van der Waals surface area contributed by atoms with E-state index in [9.17, 15) is 5.11 Å². The third-order valence-corrected chi connectivity index (χ3v) is 15.9. The van der Waals surface area contributed by atoms with Crippen LogP contribution in [0, 0.1) is 52.3 Å². The Bertz CT molecular complexity index is 1360. The van der Waals surface area contributed by atoms with Gasteiger partial charge >= 0.3 is 0 Å². The summed E-state index contributed by atoms with van der Waals surface area (Å²) in [6, 6.07) is 0. The number of fused-ring (bicyclic) bond motifs is 5. The van der Waals surface area contributed by atoms with Crippen molar-refractivity contribution in [1.82, 2.24) is 0 Å². The molecular formula is C54H92O2. The van der Waals surface area contributed by atoms with Gasteiger partial charge in [-0.05, 0) is 203 Å².